The minimum absolute atomic E-state index is 0.00213. The van der Waals surface area contributed by atoms with Gasteiger partial charge in [-0.15, -0.1) is 0 Å². The molecule has 1 amide bonds. The zero-order valence-corrected chi connectivity index (χ0v) is 8.71. The summed E-state index contributed by atoms with van der Waals surface area (Å²) in [7, 11) is 0. The predicted octanol–water partition coefficient (Wildman–Crippen LogP) is 1.90. The lowest BCUT2D eigenvalue weighted by Crippen LogP contribution is -2.26. The molecule has 16 heavy (non-hydrogen) atoms. The molecule has 0 spiro atoms. The van der Waals surface area contributed by atoms with Gasteiger partial charge in [0, 0.05) is 19.0 Å². The third-order valence-electron chi connectivity index (χ3n) is 2.98. The van der Waals surface area contributed by atoms with Crippen molar-refractivity contribution < 1.29 is 9.90 Å². The maximum absolute atomic E-state index is 10.9. The van der Waals surface area contributed by atoms with Crippen molar-refractivity contribution in [3.8, 4) is 6.07 Å². The summed E-state index contributed by atoms with van der Waals surface area (Å²) in [4.78, 5) is 12.2. The Bertz CT molecular complexity index is 424. The summed E-state index contributed by atoms with van der Waals surface area (Å²) in [6, 6.07) is 11.8. The number of carboxylic acid groups (broad SMARTS) is 1. The second-order valence-corrected chi connectivity index (χ2v) is 3.94. The molecule has 2 rings (SSSR count). The lowest BCUT2D eigenvalue weighted by atomic mass is 9.90. The normalized spacial score (nSPS) is 24.1. The van der Waals surface area contributed by atoms with Gasteiger partial charge < -0.3 is 10.0 Å². The average molecular weight is 216 g/mol. The summed E-state index contributed by atoms with van der Waals surface area (Å²) in [6.45, 7) is 0.725. The molecule has 1 aliphatic rings. The van der Waals surface area contributed by atoms with Gasteiger partial charge in [0.15, 0.2) is 0 Å². The van der Waals surface area contributed by atoms with E-state index in [0.29, 0.717) is 13.1 Å². The van der Waals surface area contributed by atoms with Gasteiger partial charge in [-0.1, -0.05) is 30.3 Å². The molecule has 2 atom stereocenters. The van der Waals surface area contributed by atoms with Crippen molar-refractivity contribution in [1.29, 1.82) is 5.26 Å². The van der Waals surface area contributed by atoms with Gasteiger partial charge in [-0.25, -0.2) is 4.79 Å². The number of rotatable bonds is 1. The fourth-order valence-electron chi connectivity index (χ4n) is 2.13. The van der Waals surface area contributed by atoms with Gasteiger partial charge in [-0.2, -0.15) is 5.26 Å². The zero-order chi connectivity index (χ0) is 11.5. The summed E-state index contributed by atoms with van der Waals surface area (Å²) in [6.07, 6.45) is -0.946. The lowest BCUT2D eigenvalue weighted by molar-refractivity contribution is 0.154. The Kier molecular flexibility index (Phi) is 2.78. The SMILES string of the molecule is N#CC1CN(C(=O)O)CC1c1ccccc1. The Balaban J connectivity index is 2.22. The monoisotopic (exact) mass is 216 g/mol. The first-order valence-corrected chi connectivity index (χ1v) is 5.15. The smallest absolute Gasteiger partial charge is 0.407 e. The van der Waals surface area contributed by atoms with Crippen LogP contribution in [0.2, 0.25) is 0 Å². The van der Waals surface area contributed by atoms with E-state index in [-0.39, 0.29) is 11.8 Å². The van der Waals surface area contributed by atoms with Gasteiger partial charge in [0.25, 0.3) is 0 Å². The first kappa shape index (κ1) is 10.5. The van der Waals surface area contributed by atoms with Crippen molar-refractivity contribution in [3.05, 3.63) is 35.9 Å². The average Bonchev–Trinajstić information content (AvgIpc) is 2.74. The van der Waals surface area contributed by atoms with Crippen LogP contribution in [0.1, 0.15) is 11.5 Å². The van der Waals surface area contributed by atoms with Crippen molar-refractivity contribution >= 4 is 6.09 Å². The van der Waals surface area contributed by atoms with Crippen LogP contribution in [0.3, 0.4) is 0 Å². The third kappa shape index (κ3) is 1.84. The fourth-order valence-corrected chi connectivity index (χ4v) is 2.13. The highest BCUT2D eigenvalue weighted by atomic mass is 16.4. The Labute approximate surface area is 93.7 Å². The van der Waals surface area contributed by atoms with E-state index in [0.717, 1.165) is 5.56 Å². The van der Waals surface area contributed by atoms with E-state index in [9.17, 15) is 4.79 Å². The van der Waals surface area contributed by atoms with E-state index in [2.05, 4.69) is 6.07 Å². The minimum atomic E-state index is -0.946. The number of nitriles is 1. The van der Waals surface area contributed by atoms with Crippen LogP contribution in [0.25, 0.3) is 0 Å². The first-order valence-electron chi connectivity index (χ1n) is 5.15. The highest BCUT2D eigenvalue weighted by Gasteiger charge is 2.36. The van der Waals surface area contributed by atoms with Gasteiger partial charge in [-0.05, 0) is 5.56 Å². The quantitative estimate of drug-likeness (QED) is 0.779. The standard InChI is InChI=1S/C12H12N2O2/c13-6-10-7-14(12(15)16)8-11(10)9-4-2-1-3-5-9/h1-5,10-11H,7-8H2,(H,15,16). The number of benzene rings is 1. The molecule has 1 aromatic carbocycles. The summed E-state index contributed by atoms with van der Waals surface area (Å²) < 4.78 is 0. The minimum Gasteiger partial charge on any atom is -0.465 e. The summed E-state index contributed by atoms with van der Waals surface area (Å²) >= 11 is 0. The number of carbonyl (C=O) groups is 1. The maximum atomic E-state index is 10.9. The topological polar surface area (TPSA) is 64.3 Å². The van der Waals surface area contributed by atoms with Gasteiger partial charge in [-0.3, -0.25) is 0 Å². The van der Waals surface area contributed by atoms with E-state index in [4.69, 9.17) is 10.4 Å². The molecular weight excluding hydrogens is 204 g/mol. The van der Waals surface area contributed by atoms with Gasteiger partial charge in [0.1, 0.15) is 0 Å². The number of hydrogen-bond acceptors (Lipinski definition) is 2. The molecule has 82 valence electrons. The molecule has 0 aliphatic carbocycles. The van der Waals surface area contributed by atoms with Crippen LogP contribution in [0, 0.1) is 17.2 Å². The number of nitrogens with zero attached hydrogens (tertiary/aromatic N) is 2. The highest BCUT2D eigenvalue weighted by Crippen LogP contribution is 2.31. The van der Waals surface area contributed by atoms with E-state index >= 15 is 0 Å². The Morgan fingerprint density at radius 1 is 1.38 bits per heavy atom. The molecule has 1 heterocycles. The van der Waals surface area contributed by atoms with Crippen molar-refractivity contribution in [2.24, 2.45) is 5.92 Å². The summed E-state index contributed by atoms with van der Waals surface area (Å²) in [5.41, 5.74) is 1.04. The second kappa shape index (κ2) is 4.23. The van der Waals surface area contributed by atoms with Crippen LogP contribution in [0.15, 0.2) is 30.3 Å². The van der Waals surface area contributed by atoms with Crippen LogP contribution in [0.4, 0.5) is 4.79 Å². The first-order chi connectivity index (χ1) is 7.72. The second-order valence-electron chi connectivity index (χ2n) is 3.94. The van der Waals surface area contributed by atoms with Gasteiger partial charge in [0.05, 0.1) is 12.0 Å². The predicted molar refractivity (Wildman–Crippen MR) is 57.9 cm³/mol. The van der Waals surface area contributed by atoms with Gasteiger partial charge in [0.2, 0.25) is 0 Å². The molecule has 2 unspecified atom stereocenters. The maximum Gasteiger partial charge on any atom is 0.407 e. The molecule has 1 aliphatic heterocycles. The van der Waals surface area contributed by atoms with Crippen molar-refractivity contribution in [3.63, 3.8) is 0 Å². The Morgan fingerprint density at radius 2 is 2.06 bits per heavy atom. The van der Waals surface area contributed by atoms with E-state index in [1.165, 1.54) is 4.90 Å². The molecule has 1 fully saturated rings. The zero-order valence-electron chi connectivity index (χ0n) is 8.71. The van der Waals surface area contributed by atoms with Crippen molar-refractivity contribution in [1.82, 2.24) is 4.90 Å². The molecule has 1 saturated heterocycles. The van der Waals surface area contributed by atoms with E-state index in [1.54, 1.807) is 0 Å². The molecule has 1 aromatic rings. The molecule has 0 radical (unpaired) electrons. The van der Waals surface area contributed by atoms with Crippen LogP contribution >= 0.6 is 0 Å². The van der Waals surface area contributed by atoms with Crippen LogP contribution in [-0.2, 0) is 0 Å². The fraction of sp³-hybridized carbons (Fsp3) is 0.333. The number of hydrogen-bond donors (Lipinski definition) is 1. The summed E-state index contributed by atoms with van der Waals surface area (Å²) in [5.74, 6) is -0.235. The Hall–Kier alpha value is -2.02. The largest absolute Gasteiger partial charge is 0.465 e. The van der Waals surface area contributed by atoms with Crippen molar-refractivity contribution in [2.75, 3.05) is 13.1 Å². The third-order valence-corrected chi connectivity index (χ3v) is 2.98. The van der Waals surface area contributed by atoms with Gasteiger partial charge >= 0.3 is 6.09 Å². The van der Waals surface area contributed by atoms with Crippen LogP contribution in [-0.4, -0.2) is 29.2 Å². The molecule has 0 aromatic heterocycles. The van der Waals surface area contributed by atoms with Crippen LogP contribution < -0.4 is 0 Å². The van der Waals surface area contributed by atoms with Crippen LogP contribution in [0.5, 0.6) is 0 Å². The molecular formula is C12H12N2O2. The number of amides is 1. The lowest BCUT2D eigenvalue weighted by Gasteiger charge is -2.12. The molecule has 1 N–H and O–H groups in total. The highest BCUT2D eigenvalue weighted by molar-refractivity contribution is 5.65. The summed E-state index contributed by atoms with van der Waals surface area (Å²) in [5, 5.41) is 17.9. The molecule has 4 nitrogen and oxygen atoms in total. The Morgan fingerprint density at radius 3 is 2.62 bits per heavy atom. The molecule has 0 bridgehead atoms. The number of likely N-dealkylation sites (tertiary alicyclic amines) is 1. The van der Waals surface area contributed by atoms with Crippen molar-refractivity contribution in [2.45, 2.75) is 5.92 Å². The van der Waals surface area contributed by atoms with E-state index < -0.39 is 6.09 Å². The molecule has 4 heteroatoms. The molecule has 0 saturated carbocycles. The van der Waals surface area contributed by atoms with E-state index in [1.807, 2.05) is 30.3 Å².